The van der Waals surface area contributed by atoms with Crippen LogP contribution in [0, 0.1) is 11.3 Å². The van der Waals surface area contributed by atoms with Crippen molar-refractivity contribution in [2.45, 2.75) is 0 Å². The second-order valence-electron chi connectivity index (χ2n) is 3.82. The first-order valence-corrected chi connectivity index (χ1v) is 5.47. The van der Waals surface area contributed by atoms with Gasteiger partial charge in [-0.25, -0.2) is 15.0 Å². The molecule has 0 amide bonds. The van der Waals surface area contributed by atoms with E-state index in [1.54, 1.807) is 52.6 Å². The maximum Gasteiger partial charge on any atom is 0.160 e. The molecule has 3 aromatic heterocycles. The molecule has 0 unspecified atom stereocenters. The van der Waals surface area contributed by atoms with E-state index in [1.165, 1.54) is 0 Å². The molecule has 3 heterocycles. The monoisotopic (exact) mass is 251 g/mol. The Morgan fingerprint density at radius 2 is 1.79 bits per heavy atom. The lowest BCUT2D eigenvalue weighted by Gasteiger charge is -2.10. The average molecular weight is 251 g/mol. The van der Waals surface area contributed by atoms with Gasteiger partial charge >= 0.3 is 0 Å². The van der Waals surface area contributed by atoms with E-state index in [0.717, 1.165) is 0 Å². The highest BCUT2D eigenvalue weighted by molar-refractivity contribution is 5.64. The SMILES string of the molecule is N#Cc1c(N)cc(-n2ccnc2)nc1-n1ccnc1. The van der Waals surface area contributed by atoms with Crippen molar-refractivity contribution < 1.29 is 0 Å². The maximum absolute atomic E-state index is 9.20. The van der Waals surface area contributed by atoms with Crippen molar-refractivity contribution in [3.63, 3.8) is 0 Å². The minimum absolute atomic E-state index is 0.321. The van der Waals surface area contributed by atoms with Crippen LogP contribution < -0.4 is 5.73 Å². The highest BCUT2D eigenvalue weighted by atomic mass is 15.2. The Labute approximate surface area is 108 Å². The van der Waals surface area contributed by atoms with E-state index < -0.39 is 0 Å². The molecule has 0 radical (unpaired) electrons. The number of nitriles is 1. The van der Waals surface area contributed by atoms with Crippen molar-refractivity contribution in [1.82, 2.24) is 24.1 Å². The highest BCUT2D eigenvalue weighted by Crippen LogP contribution is 2.21. The molecule has 3 rings (SSSR count). The van der Waals surface area contributed by atoms with Gasteiger partial charge in [-0.3, -0.25) is 9.13 Å². The Bertz CT molecular complexity index is 735. The minimum atomic E-state index is 0.321. The zero-order valence-corrected chi connectivity index (χ0v) is 9.80. The standard InChI is InChI=1S/C12H9N7/c13-6-9-10(14)5-11(18-3-1-15-7-18)17-12(9)19-4-2-16-8-19/h1-5,7-8H,(H2,14,17). The van der Waals surface area contributed by atoms with Crippen molar-refractivity contribution in [2.75, 3.05) is 5.73 Å². The Morgan fingerprint density at radius 1 is 1.11 bits per heavy atom. The molecule has 2 N–H and O–H groups in total. The molecule has 0 atom stereocenters. The Hall–Kier alpha value is -3.14. The van der Waals surface area contributed by atoms with Crippen molar-refractivity contribution in [2.24, 2.45) is 0 Å². The predicted molar refractivity (Wildman–Crippen MR) is 67.6 cm³/mol. The third-order valence-electron chi connectivity index (χ3n) is 2.65. The molecule has 19 heavy (non-hydrogen) atoms. The van der Waals surface area contributed by atoms with E-state index in [1.807, 2.05) is 0 Å². The van der Waals surface area contributed by atoms with Crippen LogP contribution in [0.25, 0.3) is 11.6 Å². The van der Waals surface area contributed by atoms with Crippen LogP contribution in [0.5, 0.6) is 0 Å². The van der Waals surface area contributed by atoms with Crippen LogP contribution in [0.1, 0.15) is 5.56 Å². The first-order chi connectivity index (χ1) is 9.29. The zero-order valence-electron chi connectivity index (χ0n) is 9.80. The molecule has 0 saturated heterocycles. The number of hydrogen-bond donors (Lipinski definition) is 1. The predicted octanol–water partition coefficient (Wildman–Crippen LogP) is 0.907. The van der Waals surface area contributed by atoms with Crippen molar-refractivity contribution in [3.05, 3.63) is 49.1 Å². The molecule has 7 heteroatoms. The quantitative estimate of drug-likeness (QED) is 0.729. The van der Waals surface area contributed by atoms with Gasteiger partial charge in [0.2, 0.25) is 0 Å². The lowest BCUT2D eigenvalue weighted by Crippen LogP contribution is -2.06. The van der Waals surface area contributed by atoms with E-state index in [4.69, 9.17) is 5.73 Å². The fraction of sp³-hybridized carbons (Fsp3) is 0. The molecule has 0 saturated carbocycles. The molecule has 92 valence electrons. The summed E-state index contributed by atoms with van der Waals surface area (Å²) in [7, 11) is 0. The van der Waals surface area contributed by atoms with Gasteiger partial charge in [0.25, 0.3) is 0 Å². The molecular formula is C12H9N7. The summed E-state index contributed by atoms with van der Waals surface area (Å²) in [6, 6.07) is 3.70. The number of hydrogen-bond acceptors (Lipinski definition) is 5. The summed E-state index contributed by atoms with van der Waals surface area (Å²) in [6.45, 7) is 0. The number of rotatable bonds is 2. The van der Waals surface area contributed by atoms with Crippen LogP contribution in [0.4, 0.5) is 5.69 Å². The summed E-state index contributed by atoms with van der Waals surface area (Å²) >= 11 is 0. The minimum Gasteiger partial charge on any atom is -0.397 e. The van der Waals surface area contributed by atoms with E-state index >= 15 is 0 Å². The number of anilines is 1. The second-order valence-corrected chi connectivity index (χ2v) is 3.82. The number of nitrogens with zero attached hydrogens (tertiary/aromatic N) is 6. The molecule has 0 spiro atoms. The summed E-state index contributed by atoms with van der Waals surface area (Å²) < 4.78 is 3.37. The smallest absolute Gasteiger partial charge is 0.160 e. The third kappa shape index (κ3) is 1.81. The van der Waals surface area contributed by atoms with E-state index in [9.17, 15) is 5.26 Å². The topological polar surface area (TPSA) is 98.3 Å². The number of aromatic nitrogens is 5. The summed E-state index contributed by atoms with van der Waals surface area (Å²) in [5.74, 6) is 1.04. The fourth-order valence-corrected chi connectivity index (χ4v) is 1.75. The average Bonchev–Trinajstić information content (AvgIpc) is 3.11. The zero-order chi connectivity index (χ0) is 13.2. The highest BCUT2D eigenvalue weighted by Gasteiger charge is 2.12. The summed E-state index contributed by atoms with van der Waals surface area (Å²) in [4.78, 5) is 12.3. The molecule has 0 aliphatic carbocycles. The van der Waals surface area contributed by atoms with Gasteiger partial charge < -0.3 is 5.73 Å². The first-order valence-electron chi connectivity index (χ1n) is 5.47. The fourth-order valence-electron chi connectivity index (χ4n) is 1.75. The Kier molecular flexibility index (Phi) is 2.47. The van der Waals surface area contributed by atoms with Crippen LogP contribution in [0.15, 0.2) is 43.5 Å². The van der Waals surface area contributed by atoms with Crippen molar-refractivity contribution in [3.8, 4) is 17.7 Å². The normalized spacial score (nSPS) is 10.3. The summed E-state index contributed by atoms with van der Waals surface area (Å²) in [5, 5.41) is 9.20. The first kappa shape index (κ1) is 11.0. The lowest BCUT2D eigenvalue weighted by molar-refractivity contribution is 0.931. The molecule has 0 aliphatic heterocycles. The van der Waals surface area contributed by atoms with Gasteiger partial charge in [0.05, 0.1) is 5.69 Å². The van der Waals surface area contributed by atoms with Gasteiger partial charge in [-0.15, -0.1) is 0 Å². The molecular weight excluding hydrogens is 242 g/mol. The maximum atomic E-state index is 9.20. The van der Waals surface area contributed by atoms with Gasteiger partial charge in [0, 0.05) is 30.9 Å². The Balaban J connectivity index is 2.25. The van der Waals surface area contributed by atoms with Gasteiger partial charge in [-0.2, -0.15) is 5.26 Å². The van der Waals surface area contributed by atoms with Crippen molar-refractivity contribution in [1.29, 1.82) is 5.26 Å². The number of nitrogens with two attached hydrogens (primary N) is 1. The van der Waals surface area contributed by atoms with Gasteiger partial charge in [0.1, 0.15) is 30.1 Å². The molecule has 0 fully saturated rings. The third-order valence-corrected chi connectivity index (χ3v) is 2.65. The molecule has 7 nitrogen and oxygen atoms in total. The van der Waals surface area contributed by atoms with Gasteiger partial charge in [0.15, 0.2) is 5.82 Å². The largest absolute Gasteiger partial charge is 0.397 e. The van der Waals surface area contributed by atoms with E-state index in [0.29, 0.717) is 22.9 Å². The van der Waals surface area contributed by atoms with Crippen LogP contribution >= 0.6 is 0 Å². The number of pyridine rings is 1. The van der Waals surface area contributed by atoms with E-state index in [2.05, 4.69) is 21.0 Å². The molecule has 3 aromatic rings. The summed E-state index contributed by atoms with van der Waals surface area (Å²) in [5.41, 5.74) is 6.60. The van der Waals surface area contributed by atoms with Crippen LogP contribution in [-0.4, -0.2) is 24.1 Å². The molecule has 0 aromatic carbocycles. The van der Waals surface area contributed by atoms with Crippen LogP contribution in [-0.2, 0) is 0 Å². The molecule has 0 aliphatic rings. The summed E-state index contributed by atoms with van der Waals surface area (Å²) in [6.07, 6.45) is 9.91. The second kappa shape index (κ2) is 4.27. The lowest BCUT2D eigenvalue weighted by atomic mass is 10.2. The van der Waals surface area contributed by atoms with Gasteiger partial charge in [-0.1, -0.05) is 0 Å². The van der Waals surface area contributed by atoms with Crippen LogP contribution in [0.2, 0.25) is 0 Å². The van der Waals surface area contributed by atoms with E-state index in [-0.39, 0.29) is 0 Å². The number of imidazole rings is 2. The van der Waals surface area contributed by atoms with Crippen molar-refractivity contribution >= 4 is 5.69 Å². The Morgan fingerprint density at radius 3 is 2.37 bits per heavy atom. The number of nitrogen functional groups attached to an aromatic ring is 1. The van der Waals surface area contributed by atoms with Gasteiger partial charge in [-0.05, 0) is 0 Å². The molecule has 0 bridgehead atoms. The van der Waals surface area contributed by atoms with Crippen LogP contribution in [0.3, 0.4) is 0 Å².